The van der Waals surface area contributed by atoms with Crippen molar-refractivity contribution in [2.24, 2.45) is 0 Å². The minimum absolute atomic E-state index is 0.0145. The average Bonchev–Trinajstić information content (AvgIpc) is 2.56. The van der Waals surface area contributed by atoms with E-state index in [0.29, 0.717) is 5.69 Å². The second-order valence-electron chi connectivity index (χ2n) is 5.41. The van der Waals surface area contributed by atoms with Gasteiger partial charge < -0.3 is 20.7 Å². The summed E-state index contributed by atoms with van der Waals surface area (Å²) >= 11 is 11.7. The number of amides is 1. The van der Waals surface area contributed by atoms with Crippen LogP contribution in [-0.4, -0.2) is 32.6 Å². The first-order valence-corrected chi connectivity index (χ1v) is 8.02. The van der Waals surface area contributed by atoms with Gasteiger partial charge in [0.15, 0.2) is 6.61 Å². The number of hydrogen-bond acceptors (Lipinski definition) is 5. The summed E-state index contributed by atoms with van der Waals surface area (Å²) in [7, 11) is 3.83. The van der Waals surface area contributed by atoms with Gasteiger partial charge in [-0.05, 0) is 36.4 Å². The lowest BCUT2D eigenvalue weighted by Crippen LogP contribution is -2.21. The van der Waals surface area contributed by atoms with Crippen LogP contribution in [0.25, 0.3) is 0 Å². The number of nitrogens with two attached hydrogens (primary N) is 1. The fourth-order valence-electron chi connectivity index (χ4n) is 2.00. The number of carbonyl (C=O) groups is 2. The van der Waals surface area contributed by atoms with Crippen LogP contribution in [0.2, 0.25) is 10.0 Å². The molecule has 0 saturated heterocycles. The van der Waals surface area contributed by atoms with E-state index in [1.807, 2.05) is 31.1 Å². The van der Waals surface area contributed by atoms with E-state index in [0.717, 1.165) is 5.69 Å². The maximum atomic E-state index is 12.0. The maximum Gasteiger partial charge on any atom is 0.340 e. The Balaban J connectivity index is 1.94. The van der Waals surface area contributed by atoms with Crippen LogP contribution in [0.15, 0.2) is 36.4 Å². The molecule has 0 aliphatic rings. The lowest BCUT2D eigenvalue weighted by molar-refractivity contribution is -0.119. The monoisotopic (exact) mass is 381 g/mol. The number of esters is 1. The average molecular weight is 382 g/mol. The molecule has 0 bridgehead atoms. The predicted molar refractivity (Wildman–Crippen MR) is 101 cm³/mol. The number of hydrogen-bond donors (Lipinski definition) is 2. The highest BCUT2D eigenvalue weighted by atomic mass is 35.5. The van der Waals surface area contributed by atoms with E-state index in [2.05, 4.69) is 5.32 Å². The van der Waals surface area contributed by atoms with Crippen molar-refractivity contribution in [3.8, 4) is 0 Å². The van der Waals surface area contributed by atoms with Gasteiger partial charge in [0.2, 0.25) is 0 Å². The second kappa shape index (κ2) is 8.09. The van der Waals surface area contributed by atoms with Crippen LogP contribution >= 0.6 is 23.2 Å². The third-order valence-corrected chi connectivity index (χ3v) is 3.85. The summed E-state index contributed by atoms with van der Waals surface area (Å²) in [5.74, 6) is -1.25. The number of halogens is 2. The quantitative estimate of drug-likeness (QED) is 0.611. The smallest absolute Gasteiger partial charge is 0.340 e. The number of nitrogens with one attached hydrogen (secondary N) is 1. The van der Waals surface area contributed by atoms with Crippen LogP contribution in [0.4, 0.5) is 17.1 Å². The highest BCUT2D eigenvalue weighted by Crippen LogP contribution is 2.28. The zero-order valence-electron chi connectivity index (χ0n) is 13.7. The Bertz CT molecular complexity index is 792. The molecular formula is C17H17Cl2N3O3. The van der Waals surface area contributed by atoms with Crippen molar-refractivity contribution in [2.45, 2.75) is 0 Å². The summed E-state index contributed by atoms with van der Waals surface area (Å²) in [6, 6.07) is 9.97. The second-order valence-corrected chi connectivity index (χ2v) is 6.26. The molecule has 0 heterocycles. The molecule has 2 rings (SSSR count). The Kier molecular flexibility index (Phi) is 6.12. The first kappa shape index (κ1) is 18.9. The van der Waals surface area contributed by atoms with Crippen molar-refractivity contribution in [2.75, 3.05) is 36.7 Å². The summed E-state index contributed by atoms with van der Waals surface area (Å²) in [4.78, 5) is 25.9. The third-order valence-electron chi connectivity index (χ3n) is 3.32. The number of benzene rings is 2. The predicted octanol–water partition coefficient (Wildman–Crippen LogP) is 3.44. The van der Waals surface area contributed by atoms with E-state index in [1.54, 1.807) is 12.1 Å². The standard InChI is InChI=1S/C17H17Cl2N3O3/c1-22(2)12-5-3-11(4-6-12)21-15(23)9-25-17(24)13-7-10(18)8-14(19)16(13)20/h3-8H,9,20H2,1-2H3,(H,21,23). The van der Waals surface area contributed by atoms with Gasteiger partial charge in [-0.3, -0.25) is 4.79 Å². The van der Waals surface area contributed by atoms with E-state index in [1.165, 1.54) is 12.1 Å². The fourth-order valence-corrected chi connectivity index (χ4v) is 2.50. The Hall–Kier alpha value is -2.44. The highest BCUT2D eigenvalue weighted by molar-refractivity contribution is 6.37. The molecule has 0 radical (unpaired) electrons. The molecule has 0 aliphatic heterocycles. The van der Waals surface area contributed by atoms with Gasteiger partial charge in [0.1, 0.15) is 0 Å². The van der Waals surface area contributed by atoms with Crippen LogP contribution in [0.5, 0.6) is 0 Å². The lowest BCUT2D eigenvalue weighted by atomic mass is 10.2. The first-order chi connectivity index (χ1) is 11.8. The van der Waals surface area contributed by atoms with Gasteiger partial charge in [-0.2, -0.15) is 0 Å². The summed E-state index contributed by atoms with van der Waals surface area (Å²) < 4.78 is 4.96. The molecule has 2 aromatic rings. The molecule has 0 atom stereocenters. The molecule has 2 aromatic carbocycles. The molecule has 0 fully saturated rings. The minimum atomic E-state index is -0.778. The van der Waals surface area contributed by atoms with Gasteiger partial charge in [-0.15, -0.1) is 0 Å². The topological polar surface area (TPSA) is 84.7 Å². The fraction of sp³-hybridized carbons (Fsp3) is 0.176. The molecule has 0 aromatic heterocycles. The van der Waals surface area contributed by atoms with Crippen LogP contribution in [0.3, 0.4) is 0 Å². The summed E-state index contributed by atoms with van der Waals surface area (Å²) in [5.41, 5.74) is 7.38. The third kappa shape index (κ3) is 5.01. The molecule has 132 valence electrons. The summed E-state index contributed by atoms with van der Waals surface area (Å²) in [6.07, 6.45) is 0. The number of anilines is 3. The Morgan fingerprint density at radius 1 is 1.16 bits per heavy atom. The molecule has 1 amide bonds. The molecule has 25 heavy (non-hydrogen) atoms. The van der Waals surface area contributed by atoms with Gasteiger partial charge >= 0.3 is 5.97 Å². The van der Waals surface area contributed by atoms with Crippen molar-refractivity contribution in [3.05, 3.63) is 52.0 Å². The number of ether oxygens (including phenoxy) is 1. The highest BCUT2D eigenvalue weighted by Gasteiger charge is 2.16. The van der Waals surface area contributed by atoms with E-state index < -0.39 is 18.5 Å². The SMILES string of the molecule is CN(C)c1ccc(NC(=O)COC(=O)c2cc(Cl)cc(Cl)c2N)cc1. The van der Waals surface area contributed by atoms with Crippen molar-refractivity contribution in [3.63, 3.8) is 0 Å². The van der Waals surface area contributed by atoms with Gasteiger partial charge in [0, 0.05) is 30.5 Å². The summed E-state index contributed by atoms with van der Waals surface area (Å²) in [5, 5.41) is 3.02. The number of nitrogens with zero attached hydrogens (tertiary/aromatic N) is 1. The van der Waals surface area contributed by atoms with E-state index in [9.17, 15) is 9.59 Å². The van der Waals surface area contributed by atoms with Crippen molar-refractivity contribution in [1.29, 1.82) is 0 Å². The van der Waals surface area contributed by atoms with E-state index >= 15 is 0 Å². The summed E-state index contributed by atoms with van der Waals surface area (Å²) in [6.45, 7) is -0.460. The van der Waals surface area contributed by atoms with Gasteiger partial charge in [-0.1, -0.05) is 23.2 Å². The molecule has 3 N–H and O–H groups in total. The largest absolute Gasteiger partial charge is 0.452 e. The molecule has 0 saturated carbocycles. The van der Waals surface area contributed by atoms with Gasteiger partial charge in [0.05, 0.1) is 16.3 Å². The number of carbonyl (C=O) groups excluding carboxylic acids is 2. The van der Waals surface area contributed by atoms with Crippen LogP contribution in [0.1, 0.15) is 10.4 Å². The van der Waals surface area contributed by atoms with Crippen molar-refractivity contribution < 1.29 is 14.3 Å². The molecular weight excluding hydrogens is 365 g/mol. The molecule has 0 unspecified atom stereocenters. The Morgan fingerprint density at radius 3 is 2.40 bits per heavy atom. The molecule has 6 nitrogen and oxygen atoms in total. The zero-order valence-corrected chi connectivity index (χ0v) is 15.2. The van der Waals surface area contributed by atoms with Gasteiger partial charge in [-0.25, -0.2) is 4.79 Å². The molecule has 8 heteroatoms. The Labute approximate surface area is 155 Å². The minimum Gasteiger partial charge on any atom is -0.452 e. The first-order valence-electron chi connectivity index (χ1n) is 7.27. The van der Waals surface area contributed by atoms with Gasteiger partial charge in [0.25, 0.3) is 5.91 Å². The molecule has 0 aliphatic carbocycles. The van der Waals surface area contributed by atoms with Crippen LogP contribution in [0, 0.1) is 0 Å². The normalized spacial score (nSPS) is 10.2. The lowest BCUT2D eigenvalue weighted by Gasteiger charge is -2.13. The van der Waals surface area contributed by atoms with Crippen molar-refractivity contribution in [1.82, 2.24) is 0 Å². The zero-order chi connectivity index (χ0) is 18.6. The number of nitrogen functional groups attached to an aromatic ring is 1. The maximum absolute atomic E-state index is 12.0. The van der Waals surface area contributed by atoms with E-state index in [4.69, 9.17) is 33.7 Å². The van der Waals surface area contributed by atoms with Crippen molar-refractivity contribution >= 4 is 52.1 Å². The van der Waals surface area contributed by atoms with Crippen LogP contribution in [-0.2, 0) is 9.53 Å². The van der Waals surface area contributed by atoms with E-state index in [-0.39, 0.29) is 21.3 Å². The van der Waals surface area contributed by atoms with Crippen LogP contribution < -0.4 is 16.0 Å². The number of rotatable bonds is 5. The molecule has 0 spiro atoms. The Morgan fingerprint density at radius 2 is 1.80 bits per heavy atom.